The maximum atomic E-state index is 4.26. The summed E-state index contributed by atoms with van der Waals surface area (Å²) in [5.74, 6) is 0. The van der Waals surface area contributed by atoms with Gasteiger partial charge in [0.15, 0.2) is 0 Å². The minimum atomic E-state index is 0.103. The molecule has 0 amide bonds. The predicted molar refractivity (Wildman–Crippen MR) is 70.7 cm³/mol. The van der Waals surface area contributed by atoms with Gasteiger partial charge >= 0.3 is 0 Å². The molecule has 17 heavy (non-hydrogen) atoms. The second kappa shape index (κ2) is 5.23. The summed E-state index contributed by atoms with van der Waals surface area (Å²) in [5.41, 5.74) is 2.98. The molecule has 0 saturated heterocycles. The molecule has 2 rings (SSSR count). The Hall–Kier alpha value is -1.49. The Morgan fingerprint density at radius 2 is 2.06 bits per heavy atom. The maximum absolute atomic E-state index is 4.26. The lowest BCUT2D eigenvalue weighted by Crippen LogP contribution is -2.09. The zero-order chi connectivity index (χ0) is 12.3. The summed E-state index contributed by atoms with van der Waals surface area (Å²) in [4.78, 5) is 12.6. The van der Waals surface area contributed by atoms with E-state index in [1.165, 1.54) is 0 Å². The van der Waals surface area contributed by atoms with Gasteiger partial charge in [-0.05, 0) is 41.4 Å². The van der Waals surface area contributed by atoms with Crippen molar-refractivity contribution >= 4 is 21.6 Å². The summed E-state index contributed by atoms with van der Waals surface area (Å²) in [6, 6.07) is 2.15. The molecule has 1 N–H and O–H groups in total. The van der Waals surface area contributed by atoms with Gasteiger partial charge in [0.25, 0.3) is 0 Å². The molecule has 2 heterocycles. The molecule has 0 aliphatic rings. The van der Waals surface area contributed by atoms with E-state index in [1.807, 2.05) is 19.9 Å². The number of rotatable bonds is 3. The Morgan fingerprint density at radius 3 is 2.71 bits per heavy atom. The van der Waals surface area contributed by atoms with Crippen LogP contribution in [0.15, 0.2) is 35.5 Å². The number of aryl methyl sites for hydroxylation is 1. The Morgan fingerprint density at radius 1 is 1.24 bits per heavy atom. The summed E-state index contributed by atoms with van der Waals surface area (Å²) in [6.07, 6.45) is 6.92. The lowest BCUT2D eigenvalue weighted by molar-refractivity contribution is 0.826. The molecule has 0 radical (unpaired) electrons. The monoisotopic (exact) mass is 292 g/mol. The molecule has 5 heteroatoms. The molecule has 2 aromatic heterocycles. The molecule has 88 valence electrons. The van der Waals surface area contributed by atoms with Crippen molar-refractivity contribution in [3.63, 3.8) is 0 Å². The minimum absolute atomic E-state index is 0.103. The van der Waals surface area contributed by atoms with Gasteiger partial charge in [-0.3, -0.25) is 9.97 Å². The van der Waals surface area contributed by atoms with Gasteiger partial charge in [-0.1, -0.05) is 0 Å². The van der Waals surface area contributed by atoms with Crippen LogP contribution in [0, 0.1) is 6.92 Å². The molecular formula is C12H13BrN4. The Bertz CT molecular complexity index is 501. The first-order valence-corrected chi connectivity index (χ1v) is 6.10. The second-order valence-electron chi connectivity index (χ2n) is 3.83. The highest BCUT2D eigenvalue weighted by atomic mass is 79.9. The zero-order valence-electron chi connectivity index (χ0n) is 9.68. The topological polar surface area (TPSA) is 50.7 Å². The molecule has 0 spiro atoms. The average Bonchev–Trinajstić information content (AvgIpc) is 2.35. The molecule has 0 bridgehead atoms. The predicted octanol–water partition coefficient (Wildman–Crippen LogP) is 3.12. The first-order chi connectivity index (χ1) is 8.16. The molecule has 2 aromatic rings. The standard InChI is InChI=1S/C12H13BrN4/c1-8-5-10(6-16-12(8)13)17-9(2)11-7-14-3-4-15-11/h3-7,9,17H,1-2H3. The molecule has 1 unspecified atom stereocenters. The molecule has 0 aliphatic heterocycles. The van der Waals surface area contributed by atoms with Crippen LogP contribution >= 0.6 is 15.9 Å². The largest absolute Gasteiger partial charge is 0.376 e. The number of aromatic nitrogens is 3. The first-order valence-electron chi connectivity index (χ1n) is 5.31. The van der Waals surface area contributed by atoms with E-state index in [1.54, 1.807) is 24.8 Å². The number of anilines is 1. The molecule has 0 fully saturated rings. The van der Waals surface area contributed by atoms with Crippen molar-refractivity contribution < 1.29 is 0 Å². The SMILES string of the molecule is Cc1cc(NC(C)c2cnccn2)cnc1Br. The lowest BCUT2D eigenvalue weighted by atomic mass is 10.2. The van der Waals surface area contributed by atoms with Gasteiger partial charge < -0.3 is 5.32 Å². The van der Waals surface area contributed by atoms with Gasteiger partial charge in [-0.25, -0.2) is 4.98 Å². The summed E-state index contributed by atoms with van der Waals surface area (Å²) >= 11 is 3.38. The second-order valence-corrected chi connectivity index (χ2v) is 4.58. The normalized spacial score (nSPS) is 12.2. The van der Waals surface area contributed by atoms with Gasteiger partial charge in [-0.15, -0.1) is 0 Å². The Labute approximate surface area is 109 Å². The number of nitrogens with zero attached hydrogens (tertiary/aromatic N) is 3. The van der Waals surface area contributed by atoms with Crippen molar-refractivity contribution in [2.75, 3.05) is 5.32 Å². The third-order valence-electron chi connectivity index (χ3n) is 2.42. The van der Waals surface area contributed by atoms with Gasteiger partial charge in [0.05, 0.1) is 29.8 Å². The van der Waals surface area contributed by atoms with Crippen LogP contribution in [0.1, 0.15) is 24.2 Å². The molecule has 1 atom stereocenters. The fourth-order valence-corrected chi connectivity index (χ4v) is 1.71. The summed E-state index contributed by atoms with van der Waals surface area (Å²) < 4.78 is 0.871. The van der Waals surface area contributed by atoms with E-state index in [4.69, 9.17) is 0 Å². The van der Waals surface area contributed by atoms with Crippen molar-refractivity contribution in [1.82, 2.24) is 15.0 Å². The van der Waals surface area contributed by atoms with Crippen LogP contribution in [0.2, 0.25) is 0 Å². The molecule has 0 aliphatic carbocycles. The average molecular weight is 293 g/mol. The van der Waals surface area contributed by atoms with Crippen LogP contribution in [0.3, 0.4) is 0 Å². The fraction of sp³-hybridized carbons (Fsp3) is 0.250. The highest BCUT2D eigenvalue weighted by Crippen LogP contribution is 2.20. The summed E-state index contributed by atoms with van der Waals surface area (Å²) in [6.45, 7) is 4.05. The van der Waals surface area contributed by atoms with Crippen LogP contribution in [-0.2, 0) is 0 Å². The smallest absolute Gasteiger partial charge is 0.109 e. The molecule has 0 aromatic carbocycles. The van der Waals surface area contributed by atoms with Crippen molar-refractivity contribution in [3.05, 3.63) is 46.7 Å². The van der Waals surface area contributed by atoms with Crippen LogP contribution in [0.25, 0.3) is 0 Å². The van der Waals surface area contributed by atoms with E-state index < -0.39 is 0 Å². The van der Waals surface area contributed by atoms with Crippen LogP contribution in [0.4, 0.5) is 5.69 Å². The Kier molecular flexibility index (Phi) is 3.68. The van der Waals surface area contributed by atoms with E-state index >= 15 is 0 Å². The summed E-state index contributed by atoms with van der Waals surface area (Å²) in [5, 5.41) is 3.34. The third-order valence-corrected chi connectivity index (χ3v) is 3.25. The maximum Gasteiger partial charge on any atom is 0.109 e. The number of halogens is 1. The van der Waals surface area contributed by atoms with Crippen LogP contribution in [-0.4, -0.2) is 15.0 Å². The number of hydrogen-bond acceptors (Lipinski definition) is 4. The quantitative estimate of drug-likeness (QED) is 0.883. The fourth-order valence-electron chi connectivity index (χ4n) is 1.50. The van der Waals surface area contributed by atoms with Crippen molar-refractivity contribution in [3.8, 4) is 0 Å². The first kappa shape index (κ1) is 12.0. The summed E-state index contributed by atoms with van der Waals surface area (Å²) in [7, 11) is 0. The van der Waals surface area contributed by atoms with E-state index in [0.29, 0.717) is 0 Å². The van der Waals surface area contributed by atoms with E-state index in [9.17, 15) is 0 Å². The van der Waals surface area contributed by atoms with Crippen molar-refractivity contribution in [2.24, 2.45) is 0 Å². The molecule has 4 nitrogen and oxygen atoms in total. The van der Waals surface area contributed by atoms with E-state index in [0.717, 1.165) is 21.5 Å². The van der Waals surface area contributed by atoms with E-state index in [2.05, 4.69) is 36.2 Å². The van der Waals surface area contributed by atoms with Gasteiger partial charge in [-0.2, -0.15) is 0 Å². The van der Waals surface area contributed by atoms with Gasteiger partial charge in [0.2, 0.25) is 0 Å². The van der Waals surface area contributed by atoms with Crippen LogP contribution < -0.4 is 5.32 Å². The highest BCUT2D eigenvalue weighted by molar-refractivity contribution is 9.10. The molecule has 0 saturated carbocycles. The minimum Gasteiger partial charge on any atom is -0.376 e. The highest BCUT2D eigenvalue weighted by Gasteiger charge is 2.07. The van der Waals surface area contributed by atoms with Crippen LogP contribution in [0.5, 0.6) is 0 Å². The van der Waals surface area contributed by atoms with Gasteiger partial charge in [0.1, 0.15) is 4.60 Å². The lowest BCUT2D eigenvalue weighted by Gasteiger charge is -2.14. The number of hydrogen-bond donors (Lipinski definition) is 1. The number of nitrogens with one attached hydrogen (secondary N) is 1. The van der Waals surface area contributed by atoms with Gasteiger partial charge in [0, 0.05) is 12.4 Å². The number of pyridine rings is 1. The van der Waals surface area contributed by atoms with Crippen molar-refractivity contribution in [2.45, 2.75) is 19.9 Å². The molecular weight excluding hydrogens is 280 g/mol. The Balaban J connectivity index is 2.13. The van der Waals surface area contributed by atoms with Crippen molar-refractivity contribution in [1.29, 1.82) is 0 Å². The zero-order valence-corrected chi connectivity index (χ0v) is 11.3. The van der Waals surface area contributed by atoms with E-state index in [-0.39, 0.29) is 6.04 Å². The third kappa shape index (κ3) is 3.00.